The predicted molar refractivity (Wildman–Crippen MR) is 88.4 cm³/mol. The summed E-state index contributed by atoms with van der Waals surface area (Å²) in [7, 11) is 0. The van der Waals surface area contributed by atoms with Gasteiger partial charge in [-0.3, -0.25) is 0 Å². The second-order valence-electron chi connectivity index (χ2n) is 5.94. The number of aryl methyl sites for hydroxylation is 2. The van der Waals surface area contributed by atoms with E-state index in [-0.39, 0.29) is 0 Å². The first kappa shape index (κ1) is 17.1. The van der Waals surface area contributed by atoms with Crippen LogP contribution in [0.3, 0.4) is 0 Å². The summed E-state index contributed by atoms with van der Waals surface area (Å²) in [4.78, 5) is 0. The molecule has 0 bridgehead atoms. The molecular formula is C19H32O. The summed E-state index contributed by atoms with van der Waals surface area (Å²) in [5, 5.41) is 9.78. The first-order valence-electron chi connectivity index (χ1n) is 8.58. The van der Waals surface area contributed by atoms with Gasteiger partial charge in [-0.15, -0.1) is 0 Å². The van der Waals surface area contributed by atoms with Crippen molar-refractivity contribution in [2.45, 2.75) is 84.5 Å². The molecule has 1 aromatic rings. The SMILES string of the molecule is CCCCCCCCCCc1ccc(O)c(CCC)c1. The van der Waals surface area contributed by atoms with Gasteiger partial charge in [0.2, 0.25) is 0 Å². The Balaban J connectivity index is 2.17. The number of hydrogen-bond donors (Lipinski definition) is 1. The van der Waals surface area contributed by atoms with Gasteiger partial charge in [0.15, 0.2) is 0 Å². The number of benzene rings is 1. The quantitative estimate of drug-likeness (QED) is 0.489. The second kappa shape index (κ2) is 10.8. The first-order valence-corrected chi connectivity index (χ1v) is 8.58. The van der Waals surface area contributed by atoms with Crippen molar-refractivity contribution in [1.82, 2.24) is 0 Å². The second-order valence-corrected chi connectivity index (χ2v) is 5.94. The molecule has 0 aliphatic carbocycles. The fraction of sp³-hybridized carbons (Fsp3) is 0.684. The van der Waals surface area contributed by atoms with Crippen LogP contribution in [0.15, 0.2) is 18.2 Å². The molecule has 0 aliphatic heterocycles. The highest BCUT2D eigenvalue weighted by Crippen LogP contribution is 2.21. The maximum absolute atomic E-state index is 9.78. The average molecular weight is 276 g/mol. The van der Waals surface area contributed by atoms with E-state index in [1.165, 1.54) is 56.9 Å². The lowest BCUT2D eigenvalue weighted by Crippen LogP contribution is -1.91. The maximum Gasteiger partial charge on any atom is 0.118 e. The molecule has 0 saturated carbocycles. The van der Waals surface area contributed by atoms with E-state index in [0.29, 0.717) is 5.75 Å². The molecule has 0 amide bonds. The molecule has 0 heterocycles. The van der Waals surface area contributed by atoms with E-state index in [1.807, 2.05) is 6.07 Å². The lowest BCUT2D eigenvalue weighted by atomic mass is 10.0. The number of unbranched alkanes of at least 4 members (excludes halogenated alkanes) is 7. The van der Waals surface area contributed by atoms with E-state index in [4.69, 9.17) is 0 Å². The summed E-state index contributed by atoms with van der Waals surface area (Å²) in [5.41, 5.74) is 2.50. The van der Waals surface area contributed by atoms with Gasteiger partial charge in [0, 0.05) is 0 Å². The van der Waals surface area contributed by atoms with Gasteiger partial charge in [0.1, 0.15) is 5.75 Å². The Kier molecular flexibility index (Phi) is 9.19. The Morgan fingerprint density at radius 2 is 1.40 bits per heavy atom. The van der Waals surface area contributed by atoms with Gasteiger partial charge in [0.25, 0.3) is 0 Å². The minimum atomic E-state index is 0.464. The molecule has 1 heteroatoms. The van der Waals surface area contributed by atoms with Gasteiger partial charge in [-0.05, 0) is 36.5 Å². The number of aromatic hydroxyl groups is 1. The van der Waals surface area contributed by atoms with Crippen LogP contribution in [0, 0.1) is 0 Å². The topological polar surface area (TPSA) is 20.2 Å². The lowest BCUT2D eigenvalue weighted by Gasteiger charge is -2.07. The zero-order valence-electron chi connectivity index (χ0n) is 13.5. The third-order valence-corrected chi connectivity index (χ3v) is 3.98. The van der Waals surface area contributed by atoms with Crippen molar-refractivity contribution in [1.29, 1.82) is 0 Å². The van der Waals surface area contributed by atoms with Gasteiger partial charge in [-0.25, -0.2) is 0 Å². The molecule has 0 fully saturated rings. The molecule has 20 heavy (non-hydrogen) atoms. The van der Waals surface area contributed by atoms with Crippen molar-refractivity contribution in [3.8, 4) is 5.75 Å². The summed E-state index contributed by atoms with van der Waals surface area (Å²) in [6, 6.07) is 6.14. The van der Waals surface area contributed by atoms with Crippen molar-refractivity contribution in [2.24, 2.45) is 0 Å². The Morgan fingerprint density at radius 1 is 0.750 bits per heavy atom. The molecule has 114 valence electrons. The Bertz CT molecular complexity index is 357. The molecule has 0 aromatic heterocycles. The number of phenols is 1. The van der Waals surface area contributed by atoms with E-state index in [1.54, 1.807) is 0 Å². The first-order chi connectivity index (χ1) is 9.77. The van der Waals surface area contributed by atoms with E-state index in [2.05, 4.69) is 26.0 Å². The fourth-order valence-corrected chi connectivity index (χ4v) is 2.73. The van der Waals surface area contributed by atoms with Gasteiger partial charge in [0.05, 0.1) is 0 Å². The molecule has 0 aliphatic rings. The summed E-state index contributed by atoms with van der Waals surface area (Å²) in [6.45, 7) is 4.43. The van der Waals surface area contributed by atoms with Crippen LogP contribution in [0.1, 0.15) is 82.8 Å². The average Bonchev–Trinajstić information content (AvgIpc) is 2.45. The van der Waals surface area contributed by atoms with Crippen LogP contribution in [-0.2, 0) is 12.8 Å². The zero-order chi connectivity index (χ0) is 14.6. The highest BCUT2D eigenvalue weighted by Gasteiger charge is 2.02. The molecule has 0 radical (unpaired) electrons. The summed E-state index contributed by atoms with van der Waals surface area (Å²) < 4.78 is 0. The van der Waals surface area contributed by atoms with Crippen molar-refractivity contribution < 1.29 is 5.11 Å². The van der Waals surface area contributed by atoms with Crippen molar-refractivity contribution in [2.75, 3.05) is 0 Å². The van der Waals surface area contributed by atoms with Gasteiger partial charge in [-0.2, -0.15) is 0 Å². The van der Waals surface area contributed by atoms with E-state index < -0.39 is 0 Å². The fourth-order valence-electron chi connectivity index (χ4n) is 2.73. The van der Waals surface area contributed by atoms with Crippen LogP contribution < -0.4 is 0 Å². The molecule has 1 rings (SSSR count). The van der Waals surface area contributed by atoms with Crippen LogP contribution in [-0.4, -0.2) is 5.11 Å². The zero-order valence-corrected chi connectivity index (χ0v) is 13.5. The molecule has 0 spiro atoms. The minimum absolute atomic E-state index is 0.464. The summed E-state index contributed by atoms with van der Waals surface area (Å²) in [6.07, 6.45) is 14.2. The Morgan fingerprint density at radius 3 is 2.05 bits per heavy atom. The molecule has 1 aromatic carbocycles. The Labute approximate surface area is 125 Å². The van der Waals surface area contributed by atoms with Crippen molar-refractivity contribution >= 4 is 0 Å². The monoisotopic (exact) mass is 276 g/mol. The summed E-state index contributed by atoms with van der Waals surface area (Å²) >= 11 is 0. The highest BCUT2D eigenvalue weighted by atomic mass is 16.3. The molecule has 0 unspecified atom stereocenters. The maximum atomic E-state index is 9.78. The molecule has 1 N–H and O–H groups in total. The standard InChI is InChI=1S/C19H32O/c1-3-5-6-7-8-9-10-11-13-17-14-15-19(20)18(16-17)12-4-2/h14-16,20H,3-13H2,1-2H3. The van der Waals surface area contributed by atoms with E-state index >= 15 is 0 Å². The smallest absolute Gasteiger partial charge is 0.118 e. The van der Waals surface area contributed by atoms with Gasteiger partial charge >= 0.3 is 0 Å². The molecular weight excluding hydrogens is 244 g/mol. The van der Waals surface area contributed by atoms with Crippen molar-refractivity contribution in [3.05, 3.63) is 29.3 Å². The van der Waals surface area contributed by atoms with Crippen LogP contribution in [0.4, 0.5) is 0 Å². The minimum Gasteiger partial charge on any atom is -0.508 e. The van der Waals surface area contributed by atoms with Crippen LogP contribution in [0.25, 0.3) is 0 Å². The molecule has 0 saturated heterocycles. The third kappa shape index (κ3) is 6.98. The highest BCUT2D eigenvalue weighted by molar-refractivity contribution is 5.36. The largest absolute Gasteiger partial charge is 0.508 e. The normalized spacial score (nSPS) is 10.9. The van der Waals surface area contributed by atoms with Crippen molar-refractivity contribution in [3.63, 3.8) is 0 Å². The number of rotatable bonds is 11. The Hall–Kier alpha value is -0.980. The molecule has 0 atom stereocenters. The van der Waals surface area contributed by atoms with Crippen LogP contribution in [0.2, 0.25) is 0 Å². The van der Waals surface area contributed by atoms with Gasteiger partial charge < -0.3 is 5.11 Å². The molecule has 1 nitrogen and oxygen atoms in total. The van der Waals surface area contributed by atoms with Crippen LogP contribution >= 0.6 is 0 Å². The van der Waals surface area contributed by atoms with Crippen LogP contribution in [0.5, 0.6) is 5.75 Å². The summed E-state index contributed by atoms with van der Waals surface area (Å²) in [5.74, 6) is 0.464. The lowest BCUT2D eigenvalue weighted by molar-refractivity contribution is 0.467. The van der Waals surface area contributed by atoms with Gasteiger partial charge in [-0.1, -0.05) is 77.3 Å². The number of hydrogen-bond acceptors (Lipinski definition) is 1. The van der Waals surface area contributed by atoms with E-state index in [9.17, 15) is 5.11 Å². The predicted octanol–water partition coefficient (Wildman–Crippen LogP) is 6.03. The third-order valence-electron chi connectivity index (χ3n) is 3.98. The number of phenolic OH excluding ortho intramolecular Hbond substituents is 1. The van der Waals surface area contributed by atoms with E-state index in [0.717, 1.165) is 24.8 Å².